The van der Waals surface area contributed by atoms with Crippen molar-refractivity contribution in [2.75, 3.05) is 39.5 Å². The molecule has 2 fully saturated rings. The van der Waals surface area contributed by atoms with E-state index in [0.717, 1.165) is 66.5 Å². The van der Waals surface area contributed by atoms with Gasteiger partial charge in [0.05, 0.1) is 19.6 Å². The molecule has 3 heterocycles. The van der Waals surface area contributed by atoms with Crippen LogP contribution in [0.5, 0.6) is 5.75 Å². The SMILES string of the molecule is Cc1cc(OCCN2C[C@H]3COC[C@H]3C2)ccc1-c1ccc(CC(=O)NCc2ccccc2)nc1. The molecule has 6 nitrogen and oxygen atoms in total. The summed E-state index contributed by atoms with van der Waals surface area (Å²) >= 11 is 0. The fourth-order valence-electron chi connectivity index (χ4n) is 5.02. The molecule has 182 valence electrons. The number of aromatic nitrogens is 1. The van der Waals surface area contributed by atoms with Crippen molar-refractivity contribution in [3.63, 3.8) is 0 Å². The average Bonchev–Trinajstić information content (AvgIpc) is 3.46. The van der Waals surface area contributed by atoms with Gasteiger partial charge < -0.3 is 14.8 Å². The first kappa shape index (κ1) is 23.5. The van der Waals surface area contributed by atoms with Crippen molar-refractivity contribution in [2.24, 2.45) is 11.8 Å². The third kappa shape index (κ3) is 6.08. The topological polar surface area (TPSA) is 63.7 Å². The Bertz CT molecular complexity index is 1120. The molecule has 2 aliphatic rings. The van der Waals surface area contributed by atoms with Crippen LogP contribution in [0.3, 0.4) is 0 Å². The van der Waals surface area contributed by atoms with Crippen LogP contribution in [0.15, 0.2) is 66.9 Å². The van der Waals surface area contributed by atoms with Gasteiger partial charge in [0.1, 0.15) is 12.4 Å². The van der Waals surface area contributed by atoms with Crippen molar-refractivity contribution in [1.29, 1.82) is 0 Å². The number of benzene rings is 2. The lowest BCUT2D eigenvalue weighted by molar-refractivity contribution is -0.120. The molecular weight excluding hydrogens is 438 g/mol. The van der Waals surface area contributed by atoms with Gasteiger partial charge in [-0.15, -0.1) is 0 Å². The van der Waals surface area contributed by atoms with Crippen LogP contribution in [0.1, 0.15) is 16.8 Å². The van der Waals surface area contributed by atoms with E-state index < -0.39 is 0 Å². The number of rotatable bonds is 9. The minimum Gasteiger partial charge on any atom is -0.492 e. The van der Waals surface area contributed by atoms with Crippen molar-refractivity contribution in [1.82, 2.24) is 15.2 Å². The molecule has 0 radical (unpaired) electrons. The molecule has 35 heavy (non-hydrogen) atoms. The summed E-state index contributed by atoms with van der Waals surface area (Å²) in [5, 5.41) is 2.95. The van der Waals surface area contributed by atoms with E-state index in [1.54, 1.807) is 0 Å². The summed E-state index contributed by atoms with van der Waals surface area (Å²) in [7, 11) is 0. The number of pyridine rings is 1. The zero-order valence-corrected chi connectivity index (χ0v) is 20.3. The van der Waals surface area contributed by atoms with Gasteiger partial charge in [-0.1, -0.05) is 42.5 Å². The van der Waals surface area contributed by atoms with E-state index in [2.05, 4.69) is 34.3 Å². The largest absolute Gasteiger partial charge is 0.492 e. The summed E-state index contributed by atoms with van der Waals surface area (Å²) < 4.78 is 11.6. The van der Waals surface area contributed by atoms with Crippen LogP contribution in [0, 0.1) is 18.8 Å². The molecule has 1 aromatic heterocycles. The molecule has 5 rings (SSSR count). The van der Waals surface area contributed by atoms with Gasteiger partial charge in [0.25, 0.3) is 0 Å². The molecule has 2 aromatic carbocycles. The maximum absolute atomic E-state index is 12.3. The standard InChI is InChI=1S/C29H33N3O3/c1-21-13-27(35-12-11-32-17-24-19-34-20-25(24)18-32)9-10-28(21)23-7-8-26(30-16-23)14-29(33)31-15-22-5-3-2-4-6-22/h2-10,13,16,24-25H,11-12,14-15,17-20H2,1H3,(H,31,33)/t24-,25+. The lowest BCUT2D eigenvalue weighted by Crippen LogP contribution is -2.27. The number of carbonyl (C=O) groups is 1. The number of hydrogen-bond acceptors (Lipinski definition) is 5. The Labute approximate surface area is 207 Å². The smallest absolute Gasteiger partial charge is 0.226 e. The van der Waals surface area contributed by atoms with Crippen molar-refractivity contribution >= 4 is 5.91 Å². The van der Waals surface area contributed by atoms with Gasteiger partial charge >= 0.3 is 0 Å². The first-order chi connectivity index (χ1) is 17.1. The van der Waals surface area contributed by atoms with Gasteiger partial charge in [-0.2, -0.15) is 0 Å². The minimum atomic E-state index is -0.0303. The van der Waals surface area contributed by atoms with Crippen LogP contribution in [0.2, 0.25) is 0 Å². The summed E-state index contributed by atoms with van der Waals surface area (Å²) in [5.74, 6) is 2.28. The third-order valence-electron chi connectivity index (χ3n) is 7.00. The van der Waals surface area contributed by atoms with Crippen LogP contribution in [-0.4, -0.2) is 55.2 Å². The van der Waals surface area contributed by atoms with Crippen LogP contribution < -0.4 is 10.1 Å². The number of amides is 1. The lowest BCUT2D eigenvalue weighted by Gasteiger charge is -2.17. The van der Waals surface area contributed by atoms with E-state index in [0.29, 0.717) is 25.0 Å². The Hall–Kier alpha value is -3.22. The second-order valence-corrected chi connectivity index (χ2v) is 9.62. The van der Waals surface area contributed by atoms with Gasteiger partial charge in [0.2, 0.25) is 5.91 Å². The van der Waals surface area contributed by atoms with Gasteiger partial charge in [0, 0.05) is 55.5 Å². The van der Waals surface area contributed by atoms with E-state index in [4.69, 9.17) is 9.47 Å². The van der Waals surface area contributed by atoms with Crippen LogP contribution in [0.25, 0.3) is 11.1 Å². The number of carbonyl (C=O) groups excluding carboxylic acids is 1. The molecule has 0 saturated carbocycles. The summed E-state index contributed by atoms with van der Waals surface area (Å²) in [4.78, 5) is 19.3. The molecule has 3 aromatic rings. The zero-order valence-electron chi connectivity index (χ0n) is 20.3. The Morgan fingerprint density at radius 1 is 1.09 bits per heavy atom. The fraction of sp³-hybridized carbons (Fsp3) is 0.379. The molecule has 0 unspecified atom stereocenters. The van der Waals surface area contributed by atoms with Crippen LogP contribution in [0.4, 0.5) is 0 Å². The Morgan fingerprint density at radius 2 is 1.89 bits per heavy atom. The molecule has 0 bridgehead atoms. The maximum atomic E-state index is 12.3. The number of aryl methyl sites for hydroxylation is 1. The summed E-state index contributed by atoms with van der Waals surface area (Å²) in [6.07, 6.45) is 2.11. The molecule has 0 spiro atoms. The van der Waals surface area contributed by atoms with Crippen molar-refractivity contribution in [3.8, 4) is 16.9 Å². The van der Waals surface area contributed by atoms with E-state index in [-0.39, 0.29) is 12.3 Å². The maximum Gasteiger partial charge on any atom is 0.226 e. The highest BCUT2D eigenvalue weighted by atomic mass is 16.5. The van der Waals surface area contributed by atoms with Gasteiger partial charge in [-0.25, -0.2) is 0 Å². The van der Waals surface area contributed by atoms with Gasteiger partial charge in [-0.3, -0.25) is 14.7 Å². The summed E-state index contributed by atoms with van der Waals surface area (Å²) in [6.45, 7) is 8.36. The van der Waals surface area contributed by atoms with Crippen molar-refractivity contribution < 1.29 is 14.3 Å². The van der Waals surface area contributed by atoms with Gasteiger partial charge in [0.15, 0.2) is 0 Å². The molecule has 2 aliphatic heterocycles. The van der Waals surface area contributed by atoms with E-state index in [9.17, 15) is 4.79 Å². The molecule has 6 heteroatoms. The monoisotopic (exact) mass is 471 g/mol. The minimum absolute atomic E-state index is 0.0303. The predicted octanol–water partition coefficient (Wildman–Crippen LogP) is 3.87. The predicted molar refractivity (Wildman–Crippen MR) is 136 cm³/mol. The second-order valence-electron chi connectivity index (χ2n) is 9.62. The van der Waals surface area contributed by atoms with Crippen LogP contribution >= 0.6 is 0 Å². The van der Waals surface area contributed by atoms with Gasteiger partial charge in [-0.05, 0) is 41.8 Å². The quantitative estimate of drug-likeness (QED) is 0.513. The van der Waals surface area contributed by atoms with E-state index in [1.165, 1.54) is 0 Å². The van der Waals surface area contributed by atoms with Crippen LogP contribution in [-0.2, 0) is 22.5 Å². The number of likely N-dealkylation sites (tertiary alicyclic amines) is 1. The molecule has 1 N–H and O–H groups in total. The lowest BCUT2D eigenvalue weighted by atomic mass is 10.0. The molecule has 2 saturated heterocycles. The number of nitrogens with one attached hydrogen (secondary N) is 1. The molecule has 2 atom stereocenters. The average molecular weight is 472 g/mol. The number of nitrogens with zero attached hydrogens (tertiary/aromatic N) is 2. The van der Waals surface area contributed by atoms with Crippen molar-refractivity contribution in [3.05, 3.63) is 83.7 Å². The highest BCUT2D eigenvalue weighted by Gasteiger charge is 2.36. The second kappa shape index (κ2) is 11.0. The molecular formula is C29H33N3O3. The zero-order chi connectivity index (χ0) is 24.0. The fourth-order valence-corrected chi connectivity index (χ4v) is 5.02. The number of hydrogen-bond donors (Lipinski definition) is 1. The normalized spacial score (nSPS) is 19.5. The Morgan fingerprint density at radius 3 is 2.60 bits per heavy atom. The first-order valence-corrected chi connectivity index (χ1v) is 12.4. The van der Waals surface area contributed by atoms with E-state index >= 15 is 0 Å². The van der Waals surface area contributed by atoms with Crippen molar-refractivity contribution in [2.45, 2.75) is 19.9 Å². The number of ether oxygens (including phenoxy) is 2. The third-order valence-corrected chi connectivity index (χ3v) is 7.00. The highest BCUT2D eigenvalue weighted by molar-refractivity contribution is 5.78. The molecule has 0 aliphatic carbocycles. The first-order valence-electron chi connectivity index (χ1n) is 12.4. The summed E-state index contributed by atoms with van der Waals surface area (Å²) in [5.41, 5.74) is 5.14. The summed E-state index contributed by atoms with van der Waals surface area (Å²) in [6, 6.07) is 20.1. The number of fused-ring (bicyclic) bond motifs is 1. The highest BCUT2D eigenvalue weighted by Crippen LogP contribution is 2.29. The van der Waals surface area contributed by atoms with E-state index in [1.807, 2.05) is 54.7 Å². The molecule has 1 amide bonds. The Kier molecular flexibility index (Phi) is 7.40. The Balaban J connectivity index is 1.10.